The summed E-state index contributed by atoms with van der Waals surface area (Å²) in [7, 11) is 0. The first-order valence-corrected chi connectivity index (χ1v) is 12.8. The summed E-state index contributed by atoms with van der Waals surface area (Å²) in [6.45, 7) is 1.52. The van der Waals surface area contributed by atoms with Gasteiger partial charge in [0.2, 0.25) is 5.91 Å². The number of carbonyl (C=O) groups is 2. The van der Waals surface area contributed by atoms with Gasteiger partial charge in [0.25, 0.3) is 0 Å². The van der Waals surface area contributed by atoms with Crippen molar-refractivity contribution in [3.63, 3.8) is 0 Å². The highest BCUT2D eigenvalue weighted by molar-refractivity contribution is 5.89. The van der Waals surface area contributed by atoms with E-state index in [2.05, 4.69) is 5.32 Å². The van der Waals surface area contributed by atoms with Crippen LogP contribution in [-0.2, 0) is 35.5 Å². The zero-order valence-corrected chi connectivity index (χ0v) is 21.8. The van der Waals surface area contributed by atoms with Gasteiger partial charge in [0.1, 0.15) is 19.5 Å². The van der Waals surface area contributed by atoms with E-state index in [0.29, 0.717) is 17.7 Å². The molecule has 0 saturated carbocycles. The number of esters is 1. The number of rotatable bonds is 9. The van der Waals surface area contributed by atoms with Crippen molar-refractivity contribution in [3.8, 4) is 0 Å². The zero-order chi connectivity index (χ0) is 28.9. The van der Waals surface area contributed by atoms with Gasteiger partial charge in [-0.05, 0) is 53.4 Å². The topological polar surface area (TPSA) is 58.6 Å². The number of halogens is 5. The van der Waals surface area contributed by atoms with E-state index in [9.17, 15) is 31.5 Å². The molecule has 5 nitrogen and oxygen atoms in total. The lowest BCUT2D eigenvalue weighted by molar-refractivity contribution is -0.137. The largest absolute Gasteiger partial charge is 0.457 e. The number of alkyl halides is 5. The summed E-state index contributed by atoms with van der Waals surface area (Å²) < 4.78 is 70.3. The molecule has 1 amide bonds. The lowest BCUT2D eigenvalue weighted by atomic mass is 10.0. The van der Waals surface area contributed by atoms with Crippen molar-refractivity contribution < 1.29 is 36.3 Å². The molecule has 0 aromatic heterocycles. The number of hydrogen-bond donors (Lipinski definition) is 1. The Morgan fingerprint density at radius 3 is 2.15 bits per heavy atom. The number of ether oxygens (including phenoxy) is 1. The number of hydrogen-bond acceptors (Lipinski definition) is 4. The lowest BCUT2D eigenvalue weighted by Crippen LogP contribution is -2.43. The van der Waals surface area contributed by atoms with Gasteiger partial charge in [0.05, 0.1) is 23.2 Å². The standard InChI is InChI=1S/C30H29F5N2O3/c1-19(36-28(38)27-14-26(32)17-37(27)16-21-4-2-20(15-31)3-5-21)23-8-10-24(11-9-23)29(39)40-18-22-6-12-25(13-7-22)30(33,34)35/h2-13,19,26-27H,14-18H2,1H3,(H,36,38)/t19-,26-,27+/m0/s1. The van der Waals surface area contributed by atoms with E-state index >= 15 is 0 Å². The molecule has 0 unspecified atom stereocenters. The highest BCUT2D eigenvalue weighted by atomic mass is 19.4. The molecule has 40 heavy (non-hydrogen) atoms. The highest BCUT2D eigenvalue weighted by Crippen LogP contribution is 2.29. The predicted molar refractivity (Wildman–Crippen MR) is 139 cm³/mol. The minimum Gasteiger partial charge on any atom is -0.457 e. The fourth-order valence-corrected chi connectivity index (χ4v) is 4.59. The highest BCUT2D eigenvalue weighted by Gasteiger charge is 2.37. The lowest BCUT2D eigenvalue weighted by Gasteiger charge is -2.25. The first kappa shape index (κ1) is 29.2. The normalized spacial score (nSPS) is 18.4. The molecule has 3 atom stereocenters. The van der Waals surface area contributed by atoms with Crippen LogP contribution in [0.4, 0.5) is 22.0 Å². The van der Waals surface area contributed by atoms with Gasteiger partial charge in [-0.15, -0.1) is 0 Å². The maximum absolute atomic E-state index is 14.3. The fraction of sp³-hybridized carbons (Fsp3) is 0.333. The first-order chi connectivity index (χ1) is 19.0. The molecule has 3 aromatic rings. The molecule has 1 aliphatic heterocycles. The number of nitrogens with one attached hydrogen (secondary N) is 1. The summed E-state index contributed by atoms with van der Waals surface area (Å²) in [6.07, 6.45) is -5.50. The molecule has 10 heteroatoms. The van der Waals surface area contributed by atoms with Crippen LogP contribution in [0.1, 0.15) is 57.6 Å². The van der Waals surface area contributed by atoms with Gasteiger partial charge in [-0.3, -0.25) is 9.69 Å². The van der Waals surface area contributed by atoms with Gasteiger partial charge in [0.15, 0.2) is 0 Å². The molecule has 0 aliphatic carbocycles. The van der Waals surface area contributed by atoms with Gasteiger partial charge < -0.3 is 10.1 Å². The number of nitrogens with zero attached hydrogens (tertiary/aromatic N) is 1. The Labute approximate surface area is 228 Å². The molecule has 212 valence electrons. The van der Waals surface area contributed by atoms with Crippen molar-refractivity contribution in [1.82, 2.24) is 10.2 Å². The van der Waals surface area contributed by atoms with Gasteiger partial charge in [-0.1, -0.05) is 48.5 Å². The average molecular weight is 561 g/mol. The van der Waals surface area contributed by atoms with Crippen LogP contribution in [0.2, 0.25) is 0 Å². The number of likely N-dealkylation sites (tertiary alicyclic amines) is 1. The second kappa shape index (κ2) is 12.6. The maximum Gasteiger partial charge on any atom is 0.416 e. The second-order valence-electron chi connectivity index (χ2n) is 9.85. The van der Waals surface area contributed by atoms with E-state index in [1.807, 2.05) is 0 Å². The smallest absolute Gasteiger partial charge is 0.416 e. The van der Waals surface area contributed by atoms with Crippen LogP contribution in [0.5, 0.6) is 0 Å². The molecule has 0 spiro atoms. The number of benzene rings is 3. The maximum atomic E-state index is 14.3. The third kappa shape index (κ3) is 7.44. The van der Waals surface area contributed by atoms with Gasteiger partial charge in [0, 0.05) is 19.5 Å². The quantitative estimate of drug-likeness (QED) is 0.246. The fourth-order valence-electron chi connectivity index (χ4n) is 4.59. The molecule has 1 fully saturated rings. The van der Waals surface area contributed by atoms with E-state index in [1.165, 1.54) is 24.3 Å². The molecule has 1 aliphatic rings. The van der Waals surface area contributed by atoms with Crippen LogP contribution in [0.3, 0.4) is 0 Å². The molecule has 0 bridgehead atoms. The SMILES string of the molecule is C[C@H](NC(=O)[C@H]1C[C@H](F)CN1Cc1ccc(CF)cc1)c1ccc(C(=O)OCc2ccc(C(F)(F)F)cc2)cc1. The van der Waals surface area contributed by atoms with Crippen molar-refractivity contribution in [2.75, 3.05) is 6.54 Å². The summed E-state index contributed by atoms with van der Waals surface area (Å²) in [4.78, 5) is 27.2. The molecule has 1 heterocycles. The summed E-state index contributed by atoms with van der Waals surface area (Å²) in [5.41, 5.74) is 2.01. The third-order valence-corrected chi connectivity index (χ3v) is 6.87. The van der Waals surface area contributed by atoms with Crippen molar-refractivity contribution in [2.24, 2.45) is 0 Å². The van der Waals surface area contributed by atoms with Gasteiger partial charge >= 0.3 is 12.1 Å². The Hall–Kier alpha value is -3.79. The van der Waals surface area contributed by atoms with Crippen LogP contribution >= 0.6 is 0 Å². The van der Waals surface area contributed by atoms with Crippen molar-refractivity contribution in [2.45, 2.75) is 57.6 Å². The summed E-state index contributed by atoms with van der Waals surface area (Å²) in [5, 5.41) is 2.91. The molecule has 1 saturated heterocycles. The van der Waals surface area contributed by atoms with Crippen LogP contribution in [0.15, 0.2) is 72.8 Å². The monoisotopic (exact) mass is 560 g/mol. The molecule has 0 radical (unpaired) electrons. The first-order valence-electron chi connectivity index (χ1n) is 12.8. The molecule has 4 rings (SSSR count). The minimum absolute atomic E-state index is 0.0742. The Balaban J connectivity index is 1.30. The Kier molecular flexibility index (Phi) is 9.19. The van der Waals surface area contributed by atoms with Gasteiger partial charge in [-0.2, -0.15) is 13.2 Å². The van der Waals surface area contributed by atoms with Crippen LogP contribution in [-0.4, -0.2) is 35.5 Å². The Morgan fingerprint density at radius 2 is 1.55 bits per heavy atom. The Bertz CT molecular complexity index is 1290. The van der Waals surface area contributed by atoms with E-state index in [4.69, 9.17) is 4.74 Å². The van der Waals surface area contributed by atoms with Crippen molar-refractivity contribution in [3.05, 3.63) is 106 Å². The van der Waals surface area contributed by atoms with Crippen LogP contribution in [0.25, 0.3) is 0 Å². The third-order valence-electron chi connectivity index (χ3n) is 6.87. The summed E-state index contributed by atoms with van der Waals surface area (Å²) >= 11 is 0. The van der Waals surface area contributed by atoms with Crippen LogP contribution < -0.4 is 5.32 Å². The number of carbonyl (C=O) groups excluding carboxylic acids is 2. The van der Waals surface area contributed by atoms with Crippen molar-refractivity contribution >= 4 is 11.9 Å². The van der Waals surface area contributed by atoms with E-state index < -0.39 is 42.6 Å². The summed E-state index contributed by atoms with van der Waals surface area (Å²) in [5.74, 6) is -0.952. The minimum atomic E-state index is -4.44. The molecule has 1 N–H and O–H groups in total. The molecular formula is C30H29F5N2O3. The van der Waals surface area contributed by atoms with E-state index in [-0.39, 0.29) is 31.0 Å². The van der Waals surface area contributed by atoms with E-state index in [0.717, 1.165) is 23.3 Å². The summed E-state index contributed by atoms with van der Waals surface area (Å²) in [6, 6.07) is 16.6. The predicted octanol–water partition coefficient (Wildman–Crippen LogP) is 6.32. The van der Waals surface area contributed by atoms with Crippen molar-refractivity contribution in [1.29, 1.82) is 0 Å². The van der Waals surface area contributed by atoms with Gasteiger partial charge in [-0.25, -0.2) is 13.6 Å². The van der Waals surface area contributed by atoms with E-state index in [1.54, 1.807) is 48.2 Å². The Morgan fingerprint density at radius 1 is 0.950 bits per heavy atom. The average Bonchev–Trinajstić information content (AvgIpc) is 3.31. The molecule has 3 aromatic carbocycles. The van der Waals surface area contributed by atoms with Crippen LogP contribution in [0, 0.1) is 0 Å². The number of amides is 1. The second-order valence-corrected chi connectivity index (χ2v) is 9.85. The molecular weight excluding hydrogens is 531 g/mol. The zero-order valence-electron chi connectivity index (χ0n) is 21.8.